The zero-order chi connectivity index (χ0) is 13.1. The van der Waals surface area contributed by atoms with Gasteiger partial charge in [0.15, 0.2) is 0 Å². The summed E-state index contributed by atoms with van der Waals surface area (Å²) < 4.78 is 0.992. The van der Waals surface area contributed by atoms with Crippen molar-refractivity contribution >= 4 is 21.6 Å². The highest BCUT2D eigenvalue weighted by atomic mass is 79.9. The third kappa shape index (κ3) is 2.85. The minimum atomic E-state index is 0.241. The highest BCUT2D eigenvalue weighted by Gasteiger charge is 2.23. The number of nitrogens with two attached hydrogens (primary N) is 1. The van der Waals surface area contributed by atoms with Crippen LogP contribution in [0.25, 0.3) is 0 Å². The zero-order valence-electron chi connectivity index (χ0n) is 10.6. The van der Waals surface area contributed by atoms with E-state index >= 15 is 0 Å². The molecular formula is C14H18BrN3. The molecule has 0 saturated carbocycles. The number of nitrogens with zero attached hydrogens (tertiary/aromatic N) is 2. The Balaban J connectivity index is 2.19. The summed E-state index contributed by atoms with van der Waals surface area (Å²) in [5, 5.41) is 8.88. The molecule has 2 atom stereocenters. The third-order valence-corrected chi connectivity index (χ3v) is 4.25. The second-order valence-electron chi connectivity index (χ2n) is 4.99. The van der Waals surface area contributed by atoms with E-state index in [0.29, 0.717) is 11.5 Å². The van der Waals surface area contributed by atoms with Crippen LogP contribution < -0.4 is 10.6 Å². The largest absolute Gasteiger partial charge is 0.370 e. The maximum Gasteiger partial charge on any atom is 0.0992 e. The molecule has 1 heterocycles. The van der Waals surface area contributed by atoms with Crippen molar-refractivity contribution < 1.29 is 0 Å². The minimum absolute atomic E-state index is 0.241. The van der Waals surface area contributed by atoms with E-state index in [1.165, 1.54) is 18.5 Å². The van der Waals surface area contributed by atoms with Crippen molar-refractivity contribution in [2.24, 2.45) is 11.7 Å². The Morgan fingerprint density at radius 3 is 2.94 bits per heavy atom. The molecule has 0 aromatic heterocycles. The molecule has 0 amide bonds. The molecule has 1 aromatic rings. The maximum absolute atomic E-state index is 8.88. The van der Waals surface area contributed by atoms with Gasteiger partial charge in [-0.1, -0.05) is 0 Å². The molecule has 1 aromatic carbocycles. The van der Waals surface area contributed by atoms with Gasteiger partial charge in [0.25, 0.3) is 0 Å². The molecule has 2 N–H and O–H groups in total. The van der Waals surface area contributed by atoms with Crippen molar-refractivity contribution in [1.29, 1.82) is 5.26 Å². The highest BCUT2D eigenvalue weighted by molar-refractivity contribution is 9.10. The Morgan fingerprint density at radius 1 is 1.56 bits per heavy atom. The zero-order valence-corrected chi connectivity index (χ0v) is 12.2. The molecular weight excluding hydrogens is 290 g/mol. The van der Waals surface area contributed by atoms with Crippen LogP contribution >= 0.6 is 15.9 Å². The van der Waals surface area contributed by atoms with Crippen molar-refractivity contribution in [1.82, 2.24) is 0 Å². The SMILES string of the molecule is CC(N)C1CCCN(c2ccc(C#N)cc2Br)C1. The standard InChI is InChI=1S/C14H18BrN3/c1-10(17)12-3-2-6-18(9-12)14-5-4-11(8-16)7-13(14)15/h4-5,7,10,12H,2-3,6,9,17H2,1H3. The molecule has 0 spiro atoms. The summed E-state index contributed by atoms with van der Waals surface area (Å²) in [6, 6.07) is 8.17. The van der Waals surface area contributed by atoms with Gasteiger partial charge in [-0.05, 0) is 59.8 Å². The van der Waals surface area contributed by atoms with Crippen LogP contribution in [0.3, 0.4) is 0 Å². The lowest BCUT2D eigenvalue weighted by Gasteiger charge is -2.36. The second kappa shape index (κ2) is 5.73. The summed E-state index contributed by atoms with van der Waals surface area (Å²) in [5.41, 5.74) is 7.86. The summed E-state index contributed by atoms with van der Waals surface area (Å²) in [7, 11) is 0. The van der Waals surface area contributed by atoms with Gasteiger partial charge in [-0.2, -0.15) is 5.26 Å². The van der Waals surface area contributed by atoms with Crippen molar-refractivity contribution in [3.05, 3.63) is 28.2 Å². The van der Waals surface area contributed by atoms with Gasteiger partial charge >= 0.3 is 0 Å². The first kappa shape index (κ1) is 13.4. The van der Waals surface area contributed by atoms with Gasteiger partial charge in [-0.15, -0.1) is 0 Å². The first-order valence-corrected chi connectivity index (χ1v) is 7.11. The molecule has 1 saturated heterocycles. The number of anilines is 1. The summed E-state index contributed by atoms with van der Waals surface area (Å²) in [6.45, 7) is 4.15. The van der Waals surface area contributed by atoms with E-state index in [1.807, 2.05) is 18.2 Å². The number of hydrogen-bond acceptors (Lipinski definition) is 3. The van der Waals surface area contributed by atoms with E-state index in [9.17, 15) is 0 Å². The summed E-state index contributed by atoms with van der Waals surface area (Å²) in [5.74, 6) is 0.557. The predicted octanol–water partition coefficient (Wildman–Crippen LogP) is 2.88. The van der Waals surface area contributed by atoms with Crippen LogP contribution in [0.2, 0.25) is 0 Å². The summed E-state index contributed by atoms with van der Waals surface area (Å²) in [4.78, 5) is 2.36. The van der Waals surface area contributed by atoms with Crippen LogP contribution in [0.15, 0.2) is 22.7 Å². The topological polar surface area (TPSA) is 53.0 Å². The molecule has 1 aliphatic rings. The summed E-state index contributed by atoms with van der Waals surface area (Å²) >= 11 is 3.56. The van der Waals surface area contributed by atoms with E-state index < -0.39 is 0 Å². The lowest BCUT2D eigenvalue weighted by Crippen LogP contribution is -2.42. The Labute approximate surface area is 117 Å². The molecule has 96 valence electrons. The Morgan fingerprint density at radius 2 is 2.33 bits per heavy atom. The molecule has 4 heteroatoms. The molecule has 1 aliphatic heterocycles. The Bertz CT molecular complexity index is 465. The molecule has 1 fully saturated rings. The quantitative estimate of drug-likeness (QED) is 0.914. The smallest absolute Gasteiger partial charge is 0.0992 e. The molecule has 0 radical (unpaired) electrons. The fraction of sp³-hybridized carbons (Fsp3) is 0.500. The van der Waals surface area contributed by atoms with E-state index in [0.717, 1.165) is 17.6 Å². The number of halogens is 1. The average molecular weight is 308 g/mol. The number of hydrogen-bond donors (Lipinski definition) is 1. The molecule has 2 rings (SSSR count). The van der Waals surface area contributed by atoms with Crippen LogP contribution in [0, 0.1) is 17.2 Å². The van der Waals surface area contributed by atoms with Crippen molar-refractivity contribution in [2.45, 2.75) is 25.8 Å². The van der Waals surface area contributed by atoms with Crippen LogP contribution in [0.4, 0.5) is 5.69 Å². The van der Waals surface area contributed by atoms with E-state index in [-0.39, 0.29) is 6.04 Å². The highest BCUT2D eigenvalue weighted by Crippen LogP contribution is 2.31. The average Bonchev–Trinajstić information content (AvgIpc) is 2.38. The third-order valence-electron chi connectivity index (χ3n) is 3.62. The van der Waals surface area contributed by atoms with Gasteiger partial charge < -0.3 is 10.6 Å². The molecule has 0 bridgehead atoms. The lowest BCUT2D eigenvalue weighted by atomic mass is 9.92. The number of nitriles is 1. The number of piperidine rings is 1. The predicted molar refractivity (Wildman–Crippen MR) is 77.4 cm³/mol. The van der Waals surface area contributed by atoms with Gasteiger partial charge in [-0.3, -0.25) is 0 Å². The van der Waals surface area contributed by atoms with Crippen molar-refractivity contribution in [3.63, 3.8) is 0 Å². The van der Waals surface area contributed by atoms with Crippen molar-refractivity contribution in [2.75, 3.05) is 18.0 Å². The summed E-state index contributed by atoms with van der Waals surface area (Å²) in [6.07, 6.45) is 2.39. The van der Waals surface area contributed by atoms with Gasteiger partial charge in [0.1, 0.15) is 0 Å². The van der Waals surface area contributed by atoms with Crippen LogP contribution in [0.5, 0.6) is 0 Å². The van der Waals surface area contributed by atoms with Crippen LogP contribution in [-0.4, -0.2) is 19.1 Å². The molecule has 0 aliphatic carbocycles. The maximum atomic E-state index is 8.88. The van der Waals surface area contributed by atoms with E-state index in [4.69, 9.17) is 11.0 Å². The number of benzene rings is 1. The fourth-order valence-electron chi connectivity index (χ4n) is 2.49. The molecule has 3 nitrogen and oxygen atoms in total. The van der Waals surface area contributed by atoms with Gasteiger partial charge in [0.2, 0.25) is 0 Å². The second-order valence-corrected chi connectivity index (χ2v) is 5.84. The van der Waals surface area contributed by atoms with Gasteiger partial charge in [0.05, 0.1) is 17.3 Å². The van der Waals surface area contributed by atoms with Crippen LogP contribution in [0.1, 0.15) is 25.3 Å². The van der Waals surface area contributed by atoms with Gasteiger partial charge in [0, 0.05) is 23.6 Å². The number of rotatable bonds is 2. The van der Waals surface area contributed by atoms with Gasteiger partial charge in [-0.25, -0.2) is 0 Å². The molecule has 2 unspecified atom stereocenters. The Hall–Kier alpha value is -1.05. The minimum Gasteiger partial charge on any atom is -0.370 e. The fourth-order valence-corrected chi connectivity index (χ4v) is 3.12. The van der Waals surface area contributed by atoms with Crippen LogP contribution in [-0.2, 0) is 0 Å². The van der Waals surface area contributed by atoms with E-state index in [1.54, 1.807) is 0 Å². The monoisotopic (exact) mass is 307 g/mol. The molecule has 18 heavy (non-hydrogen) atoms. The van der Waals surface area contributed by atoms with E-state index in [2.05, 4.69) is 33.8 Å². The first-order chi connectivity index (χ1) is 8.61. The normalized spacial score (nSPS) is 21.4. The first-order valence-electron chi connectivity index (χ1n) is 6.32. The van der Waals surface area contributed by atoms with Crippen molar-refractivity contribution in [3.8, 4) is 6.07 Å². The Kier molecular flexibility index (Phi) is 4.26. The lowest BCUT2D eigenvalue weighted by molar-refractivity contribution is 0.364.